The Kier molecular flexibility index (Phi) is 3.54. The molecule has 0 N–H and O–H groups in total. The van der Waals surface area contributed by atoms with Crippen LogP contribution in [0.15, 0.2) is 42.5 Å². The minimum atomic E-state index is 0.409. The standard InChI is InChI=1S/C16H17Cl/c1-11-5-4-6-16(12(11)2)13(3)14-7-9-15(17)10-8-14/h4-10,13H,1-3H3. The number of benzene rings is 2. The van der Waals surface area contributed by atoms with Gasteiger partial charge in [-0.1, -0.05) is 48.9 Å². The highest BCUT2D eigenvalue weighted by atomic mass is 35.5. The maximum Gasteiger partial charge on any atom is 0.0406 e. The number of hydrogen-bond acceptors (Lipinski definition) is 0. The molecule has 0 aliphatic rings. The number of hydrogen-bond donors (Lipinski definition) is 0. The highest BCUT2D eigenvalue weighted by molar-refractivity contribution is 6.30. The fourth-order valence-corrected chi connectivity index (χ4v) is 2.30. The van der Waals surface area contributed by atoms with E-state index < -0.39 is 0 Å². The summed E-state index contributed by atoms with van der Waals surface area (Å²) in [5.41, 5.74) is 5.44. The monoisotopic (exact) mass is 244 g/mol. The molecule has 0 aliphatic carbocycles. The Hall–Kier alpha value is -1.27. The van der Waals surface area contributed by atoms with E-state index in [1.54, 1.807) is 0 Å². The van der Waals surface area contributed by atoms with Crippen LogP contribution in [0.4, 0.5) is 0 Å². The molecule has 0 radical (unpaired) electrons. The van der Waals surface area contributed by atoms with Crippen LogP contribution in [0.3, 0.4) is 0 Å². The average Bonchev–Trinajstić information content (AvgIpc) is 2.33. The number of rotatable bonds is 2. The fourth-order valence-electron chi connectivity index (χ4n) is 2.17. The van der Waals surface area contributed by atoms with Crippen molar-refractivity contribution < 1.29 is 0 Å². The minimum Gasteiger partial charge on any atom is -0.0843 e. The van der Waals surface area contributed by atoms with Crippen LogP contribution in [0.1, 0.15) is 35.1 Å². The quantitative estimate of drug-likeness (QED) is 0.689. The molecule has 0 bridgehead atoms. The molecule has 0 saturated heterocycles. The maximum absolute atomic E-state index is 5.92. The third-order valence-corrected chi connectivity index (χ3v) is 3.74. The Morgan fingerprint density at radius 1 is 0.941 bits per heavy atom. The molecular formula is C16H17Cl. The van der Waals surface area contributed by atoms with Crippen molar-refractivity contribution in [3.05, 3.63) is 69.7 Å². The molecule has 0 fully saturated rings. The molecule has 2 aromatic rings. The molecule has 17 heavy (non-hydrogen) atoms. The molecule has 88 valence electrons. The van der Waals surface area contributed by atoms with Gasteiger partial charge in [-0.3, -0.25) is 0 Å². The summed E-state index contributed by atoms with van der Waals surface area (Å²) in [5, 5.41) is 0.793. The lowest BCUT2D eigenvalue weighted by Gasteiger charge is -2.16. The summed E-state index contributed by atoms with van der Waals surface area (Å²) in [7, 11) is 0. The SMILES string of the molecule is Cc1cccc(C(C)c2ccc(Cl)cc2)c1C. The van der Waals surface area contributed by atoms with E-state index in [1.165, 1.54) is 22.3 Å². The van der Waals surface area contributed by atoms with Crippen LogP contribution in [-0.4, -0.2) is 0 Å². The molecular weight excluding hydrogens is 228 g/mol. The Labute approximate surface area is 108 Å². The van der Waals surface area contributed by atoms with Gasteiger partial charge in [0, 0.05) is 10.9 Å². The van der Waals surface area contributed by atoms with Crippen LogP contribution < -0.4 is 0 Å². The summed E-state index contributed by atoms with van der Waals surface area (Å²) in [4.78, 5) is 0. The van der Waals surface area contributed by atoms with Crippen molar-refractivity contribution in [1.82, 2.24) is 0 Å². The van der Waals surface area contributed by atoms with Gasteiger partial charge in [-0.15, -0.1) is 0 Å². The van der Waals surface area contributed by atoms with E-state index in [-0.39, 0.29) is 0 Å². The Bertz CT molecular complexity index is 512. The normalized spacial score (nSPS) is 12.5. The zero-order valence-electron chi connectivity index (χ0n) is 10.5. The van der Waals surface area contributed by atoms with Crippen LogP contribution in [0, 0.1) is 13.8 Å². The minimum absolute atomic E-state index is 0.409. The molecule has 0 spiro atoms. The van der Waals surface area contributed by atoms with E-state index in [4.69, 9.17) is 11.6 Å². The zero-order valence-corrected chi connectivity index (χ0v) is 11.3. The van der Waals surface area contributed by atoms with E-state index in [2.05, 4.69) is 51.1 Å². The van der Waals surface area contributed by atoms with Crippen molar-refractivity contribution in [2.24, 2.45) is 0 Å². The lowest BCUT2D eigenvalue weighted by Crippen LogP contribution is -1.99. The topological polar surface area (TPSA) is 0 Å². The van der Waals surface area contributed by atoms with E-state index in [0.29, 0.717) is 5.92 Å². The first-order valence-electron chi connectivity index (χ1n) is 5.91. The lowest BCUT2D eigenvalue weighted by molar-refractivity contribution is 0.906. The summed E-state index contributed by atoms with van der Waals surface area (Å²) < 4.78 is 0. The van der Waals surface area contributed by atoms with Crippen molar-refractivity contribution in [3.63, 3.8) is 0 Å². The number of aryl methyl sites for hydroxylation is 1. The van der Waals surface area contributed by atoms with Crippen molar-refractivity contribution in [2.45, 2.75) is 26.7 Å². The van der Waals surface area contributed by atoms with Crippen LogP contribution in [0.2, 0.25) is 5.02 Å². The summed E-state index contributed by atoms with van der Waals surface area (Å²) in [6.45, 7) is 6.59. The van der Waals surface area contributed by atoms with Gasteiger partial charge >= 0.3 is 0 Å². The zero-order chi connectivity index (χ0) is 12.4. The van der Waals surface area contributed by atoms with Gasteiger partial charge in [0.2, 0.25) is 0 Å². The smallest absolute Gasteiger partial charge is 0.0406 e. The van der Waals surface area contributed by atoms with Gasteiger partial charge in [0.15, 0.2) is 0 Å². The van der Waals surface area contributed by atoms with Gasteiger partial charge in [-0.05, 0) is 48.2 Å². The summed E-state index contributed by atoms with van der Waals surface area (Å²) in [6.07, 6.45) is 0. The van der Waals surface area contributed by atoms with Crippen LogP contribution in [0.25, 0.3) is 0 Å². The second-order valence-electron chi connectivity index (χ2n) is 4.56. The molecule has 0 aromatic heterocycles. The summed E-state index contributed by atoms with van der Waals surface area (Å²) >= 11 is 5.92. The largest absolute Gasteiger partial charge is 0.0843 e. The molecule has 0 saturated carbocycles. The van der Waals surface area contributed by atoms with E-state index in [1.807, 2.05) is 12.1 Å². The molecule has 0 aliphatic heterocycles. The predicted molar refractivity (Wildman–Crippen MR) is 74.9 cm³/mol. The molecule has 1 unspecified atom stereocenters. The van der Waals surface area contributed by atoms with Gasteiger partial charge in [-0.2, -0.15) is 0 Å². The first kappa shape index (κ1) is 12.2. The first-order valence-corrected chi connectivity index (χ1v) is 6.29. The molecule has 0 amide bonds. The van der Waals surface area contributed by atoms with Crippen molar-refractivity contribution >= 4 is 11.6 Å². The summed E-state index contributed by atoms with van der Waals surface area (Å²) in [6, 6.07) is 14.6. The second-order valence-corrected chi connectivity index (χ2v) is 5.00. The third-order valence-electron chi connectivity index (χ3n) is 3.48. The van der Waals surface area contributed by atoms with E-state index in [9.17, 15) is 0 Å². The first-order chi connectivity index (χ1) is 8.09. The van der Waals surface area contributed by atoms with Crippen molar-refractivity contribution in [1.29, 1.82) is 0 Å². The van der Waals surface area contributed by atoms with Crippen LogP contribution in [-0.2, 0) is 0 Å². The lowest BCUT2D eigenvalue weighted by atomic mass is 9.88. The molecule has 1 atom stereocenters. The third kappa shape index (κ3) is 2.53. The maximum atomic E-state index is 5.92. The molecule has 0 nitrogen and oxygen atoms in total. The van der Waals surface area contributed by atoms with E-state index >= 15 is 0 Å². The van der Waals surface area contributed by atoms with Gasteiger partial charge in [-0.25, -0.2) is 0 Å². The van der Waals surface area contributed by atoms with Gasteiger partial charge in [0.05, 0.1) is 0 Å². The average molecular weight is 245 g/mol. The fraction of sp³-hybridized carbons (Fsp3) is 0.250. The highest BCUT2D eigenvalue weighted by Crippen LogP contribution is 2.28. The van der Waals surface area contributed by atoms with Crippen LogP contribution >= 0.6 is 11.6 Å². The second kappa shape index (κ2) is 4.93. The van der Waals surface area contributed by atoms with Gasteiger partial charge < -0.3 is 0 Å². The number of halogens is 1. The summed E-state index contributed by atoms with van der Waals surface area (Å²) in [5.74, 6) is 0.409. The van der Waals surface area contributed by atoms with Gasteiger partial charge in [0.25, 0.3) is 0 Å². The molecule has 2 aromatic carbocycles. The van der Waals surface area contributed by atoms with Crippen LogP contribution in [0.5, 0.6) is 0 Å². The Morgan fingerprint density at radius 3 is 2.24 bits per heavy atom. The molecule has 0 heterocycles. The predicted octanol–water partition coefficient (Wildman–Crippen LogP) is 5.11. The van der Waals surface area contributed by atoms with E-state index in [0.717, 1.165) is 5.02 Å². The molecule has 2 rings (SSSR count). The van der Waals surface area contributed by atoms with Gasteiger partial charge in [0.1, 0.15) is 0 Å². The highest BCUT2D eigenvalue weighted by Gasteiger charge is 2.11. The Balaban J connectivity index is 2.40. The van der Waals surface area contributed by atoms with Crippen molar-refractivity contribution in [3.8, 4) is 0 Å². The Morgan fingerprint density at radius 2 is 1.59 bits per heavy atom. The molecule has 1 heteroatoms. The van der Waals surface area contributed by atoms with Crippen molar-refractivity contribution in [2.75, 3.05) is 0 Å².